The SMILES string of the molecule is COCNC(=O)CC(C)CC(=O)O. The standard InChI is InChI=1S/C8H15NO4/c1-6(4-8(11)12)3-7(10)9-5-13-2/h6H,3-5H2,1-2H3,(H,9,10)(H,11,12). The first-order valence-corrected chi connectivity index (χ1v) is 4.03. The molecule has 0 rings (SSSR count). The van der Waals surface area contributed by atoms with Crippen LogP contribution in [0.4, 0.5) is 0 Å². The fourth-order valence-electron chi connectivity index (χ4n) is 0.912. The second kappa shape index (κ2) is 6.42. The lowest BCUT2D eigenvalue weighted by molar-refractivity contribution is -0.138. The Morgan fingerprint density at radius 2 is 2.08 bits per heavy atom. The summed E-state index contributed by atoms with van der Waals surface area (Å²) in [7, 11) is 1.47. The molecular formula is C8H15NO4. The summed E-state index contributed by atoms with van der Waals surface area (Å²) in [5, 5.41) is 10.9. The van der Waals surface area contributed by atoms with Crippen LogP contribution in [-0.4, -0.2) is 30.8 Å². The van der Waals surface area contributed by atoms with E-state index in [1.165, 1.54) is 7.11 Å². The molecule has 0 aromatic heterocycles. The Morgan fingerprint density at radius 3 is 2.54 bits per heavy atom. The summed E-state index contributed by atoms with van der Waals surface area (Å²) in [5.41, 5.74) is 0. The molecule has 1 atom stereocenters. The summed E-state index contributed by atoms with van der Waals surface area (Å²) in [6.45, 7) is 1.89. The minimum Gasteiger partial charge on any atom is -0.481 e. The second-order valence-electron chi connectivity index (χ2n) is 2.94. The summed E-state index contributed by atoms with van der Waals surface area (Å²) in [6.07, 6.45) is 0.232. The molecule has 1 unspecified atom stereocenters. The molecule has 0 aliphatic rings. The molecule has 2 N–H and O–H groups in total. The average Bonchev–Trinajstić information content (AvgIpc) is 1.98. The Balaban J connectivity index is 3.59. The van der Waals surface area contributed by atoms with Crippen LogP contribution in [0, 0.1) is 5.92 Å². The first-order chi connectivity index (χ1) is 6.06. The zero-order valence-corrected chi connectivity index (χ0v) is 7.87. The highest BCUT2D eigenvalue weighted by atomic mass is 16.5. The summed E-state index contributed by atoms with van der Waals surface area (Å²) >= 11 is 0. The van der Waals surface area contributed by atoms with Crippen LogP contribution >= 0.6 is 0 Å². The van der Waals surface area contributed by atoms with Gasteiger partial charge in [0.25, 0.3) is 0 Å². The van der Waals surface area contributed by atoms with E-state index in [0.717, 1.165) is 0 Å². The number of rotatable bonds is 6. The first kappa shape index (κ1) is 11.9. The minimum atomic E-state index is -0.882. The molecule has 5 nitrogen and oxygen atoms in total. The Labute approximate surface area is 77.1 Å². The van der Waals surface area contributed by atoms with Crippen LogP contribution in [0.2, 0.25) is 0 Å². The summed E-state index contributed by atoms with van der Waals surface area (Å²) in [4.78, 5) is 21.3. The smallest absolute Gasteiger partial charge is 0.303 e. The number of carboxylic acids is 1. The van der Waals surface area contributed by atoms with Crippen LogP contribution in [0.3, 0.4) is 0 Å². The second-order valence-corrected chi connectivity index (χ2v) is 2.94. The minimum absolute atomic E-state index is 0.0143. The molecule has 0 aromatic rings. The molecule has 0 fully saturated rings. The fraction of sp³-hybridized carbons (Fsp3) is 0.750. The third-order valence-electron chi connectivity index (χ3n) is 1.47. The molecule has 0 bridgehead atoms. The van der Waals surface area contributed by atoms with Crippen molar-refractivity contribution in [1.82, 2.24) is 5.32 Å². The molecule has 0 saturated heterocycles. The monoisotopic (exact) mass is 189 g/mol. The molecular weight excluding hydrogens is 174 g/mol. The number of methoxy groups -OCH3 is 1. The summed E-state index contributed by atoms with van der Waals surface area (Å²) < 4.78 is 4.63. The Kier molecular flexibility index (Phi) is 5.88. The van der Waals surface area contributed by atoms with Gasteiger partial charge in [-0.25, -0.2) is 0 Å². The normalized spacial score (nSPS) is 12.2. The van der Waals surface area contributed by atoms with Gasteiger partial charge in [0.05, 0.1) is 0 Å². The van der Waals surface area contributed by atoms with Crippen molar-refractivity contribution in [2.75, 3.05) is 13.8 Å². The maximum absolute atomic E-state index is 11.0. The van der Waals surface area contributed by atoms with Crippen LogP contribution in [0.25, 0.3) is 0 Å². The van der Waals surface area contributed by atoms with E-state index in [1.54, 1.807) is 6.92 Å². The molecule has 0 heterocycles. The predicted octanol–water partition coefficient (Wildman–Crippen LogP) is 0.207. The first-order valence-electron chi connectivity index (χ1n) is 4.03. The van der Waals surface area contributed by atoms with E-state index >= 15 is 0 Å². The van der Waals surface area contributed by atoms with E-state index in [2.05, 4.69) is 10.1 Å². The zero-order chi connectivity index (χ0) is 10.3. The van der Waals surface area contributed by atoms with Crippen molar-refractivity contribution >= 4 is 11.9 Å². The van der Waals surface area contributed by atoms with Crippen molar-refractivity contribution in [3.63, 3.8) is 0 Å². The van der Waals surface area contributed by atoms with Crippen LogP contribution in [-0.2, 0) is 14.3 Å². The third-order valence-corrected chi connectivity index (χ3v) is 1.47. The van der Waals surface area contributed by atoms with Crippen LogP contribution in [0.1, 0.15) is 19.8 Å². The molecule has 0 aromatic carbocycles. The molecule has 1 amide bonds. The van der Waals surface area contributed by atoms with Crippen LogP contribution < -0.4 is 5.32 Å². The van der Waals surface area contributed by atoms with Gasteiger partial charge in [0.15, 0.2) is 0 Å². The zero-order valence-electron chi connectivity index (χ0n) is 7.87. The molecule has 0 aliphatic carbocycles. The fourth-order valence-corrected chi connectivity index (χ4v) is 0.912. The number of ether oxygens (including phenoxy) is 1. The molecule has 5 heteroatoms. The number of aliphatic carboxylic acids is 1. The lowest BCUT2D eigenvalue weighted by atomic mass is 10.0. The van der Waals surface area contributed by atoms with E-state index in [0.29, 0.717) is 0 Å². The number of carboxylic acid groups (broad SMARTS) is 1. The highest BCUT2D eigenvalue weighted by Crippen LogP contribution is 2.06. The van der Waals surface area contributed by atoms with Crippen molar-refractivity contribution in [3.8, 4) is 0 Å². The van der Waals surface area contributed by atoms with Crippen LogP contribution in [0.5, 0.6) is 0 Å². The van der Waals surface area contributed by atoms with Gasteiger partial charge < -0.3 is 15.2 Å². The Morgan fingerprint density at radius 1 is 1.46 bits per heavy atom. The van der Waals surface area contributed by atoms with E-state index in [9.17, 15) is 9.59 Å². The molecule has 76 valence electrons. The maximum atomic E-state index is 11.0. The van der Waals surface area contributed by atoms with Crippen molar-refractivity contribution in [3.05, 3.63) is 0 Å². The molecule has 0 saturated carbocycles. The number of hydrogen-bond donors (Lipinski definition) is 2. The highest BCUT2D eigenvalue weighted by molar-refractivity contribution is 5.77. The van der Waals surface area contributed by atoms with Gasteiger partial charge in [-0.2, -0.15) is 0 Å². The number of nitrogens with one attached hydrogen (secondary N) is 1. The average molecular weight is 189 g/mol. The van der Waals surface area contributed by atoms with E-state index in [-0.39, 0.29) is 31.4 Å². The largest absolute Gasteiger partial charge is 0.481 e. The lowest BCUT2D eigenvalue weighted by Gasteiger charge is -2.08. The molecule has 0 radical (unpaired) electrons. The van der Waals surface area contributed by atoms with Gasteiger partial charge in [0, 0.05) is 20.0 Å². The lowest BCUT2D eigenvalue weighted by Crippen LogP contribution is -2.27. The summed E-state index contributed by atoms with van der Waals surface area (Å²) in [5.74, 6) is -1.21. The quantitative estimate of drug-likeness (QED) is 0.585. The summed E-state index contributed by atoms with van der Waals surface area (Å²) in [6, 6.07) is 0. The highest BCUT2D eigenvalue weighted by Gasteiger charge is 2.11. The van der Waals surface area contributed by atoms with Crippen molar-refractivity contribution in [2.24, 2.45) is 5.92 Å². The number of hydrogen-bond acceptors (Lipinski definition) is 3. The predicted molar refractivity (Wildman–Crippen MR) is 46.1 cm³/mol. The van der Waals surface area contributed by atoms with Gasteiger partial charge in [-0.05, 0) is 5.92 Å². The van der Waals surface area contributed by atoms with E-state index < -0.39 is 5.97 Å². The van der Waals surface area contributed by atoms with Gasteiger partial charge >= 0.3 is 5.97 Å². The Bertz CT molecular complexity index is 181. The van der Waals surface area contributed by atoms with Gasteiger partial charge in [-0.1, -0.05) is 6.92 Å². The molecule has 13 heavy (non-hydrogen) atoms. The Hall–Kier alpha value is -1.10. The van der Waals surface area contributed by atoms with Crippen molar-refractivity contribution in [1.29, 1.82) is 0 Å². The third kappa shape index (κ3) is 7.27. The van der Waals surface area contributed by atoms with Crippen molar-refractivity contribution < 1.29 is 19.4 Å². The van der Waals surface area contributed by atoms with Gasteiger partial charge in [0.2, 0.25) is 5.91 Å². The van der Waals surface area contributed by atoms with Gasteiger partial charge in [-0.3, -0.25) is 9.59 Å². The molecule has 0 aliphatic heterocycles. The van der Waals surface area contributed by atoms with Gasteiger partial charge in [0.1, 0.15) is 6.73 Å². The number of carbonyl (C=O) groups excluding carboxylic acids is 1. The number of amides is 1. The molecule has 0 spiro atoms. The van der Waals surface area contributed by atoms with E-state index in [1.807, 2.05) is 0 Å². The topological polar surface area (TPSA) is 75.6 Å². The van der Waals surface area contributed by atoms with Crippen LogP contribution in [0.15, 0.2) is 0 Å². The van der Waals surface area contributed by atoms with E-state index in [4.69, 9.17) is 5.11 Å². The maximum Gasteiger partial charge on any atom is 0.303 e. The van der Waals surface area contributed by atoms with Crippen molar-refractivity contribution in [2.45, 2.75) is 19.8 Å². The number of carbonyl (C=O) groups is 2. The van der Waals surface area contributed by atoms with Gasteiger partial charge in [-0.15, -0.1) is 0 Å².